The smallest absolute Gasteiger partial charge is 0.105 e. The van der Waals surface area contributed by atoms with Crippen LogP contribution < -0.4 is 5.32 Å². The average Bonchev–Trinajstić information content (AvgIpc) is 2.69. The van der Waals surface area contributed by atoms with Crippen LogP contribution in [0.1, 0.15) is 41.0 Å². The van der Waals surface area contributed by atoms with E-state index in [1.54, 1.807) is 5.56 Å². The second-order valence-corrected chi connectivity index (χ2v) is 6.35. The molecule has 1 aromatic rings. The molecule has 0 aromatic carbocycles. The largest absolute Gasteiger partial charge is 0.369 e. The van der Waals surface area contributed by atoms with Gasteiger partial charge in [-0.3, -0.25) is 0 Å². The summed E-state index contributed by atoms with van der Waals surface area (Å²) in [6.07, 6.45) is 2.26. The third-order valence-electron chi connectivity index (χ3n) is 3.85. The van der Waals surface area contributed by atoms with Gasteiger partial charge in [-0.05, 0) is 44.5 Å². The van der Waals surface area contributed by atoms with Crippen molar-refractivity contribution in [3.05, 3.63) is 21.4 Å². The van der Waals surface area contributed by atoms with E-state index in [1.807, 2.05) is 11.3 Å². The number of aryl methyl sites for hydroxylation is 1. The highest BCUT2D eigenvalue weighted by Gasteiger charge is 2.42. The number of thiophene rings is 1. The third kappa shape index (κ3) is 1.53. The van der Waals surface area contributed by atoms with Crippen LogP contribution in [0, 0.1) is 6.92 Å². The van der Waals surface area contributed by atoms with Gasteiger partial charge in [0.25, 0.3) is 0 Å². The zero-order chi connectivity index (χ0) is 11.2. The molecule has 16 heavy (non-hydrogen) atoms. The van der Waals surface area contributed by atoms with Crippen molar-refractivity contribution in [2.75, 3.05) is 19.7 Å². The van der Waals surface area contributed by atoms with Crippen LogP contribution in [0.15, 0.2) is 6.07 Å². The number of hydrogen-bond acceptors (Lipinski definition) is 3. The summed E-state index contributed by atoms with van der Waals surface area (Å²) < 4.78 is 6.23. The normalized spacial score (nSPS) is 28.0. The fourth-order valence-corrected chi connectivity index (χ4v) is 4.23. The van der Waals surface area contributed by atoms with Gasteiger partial charge in [0.05, 0.1) is 6.61 Å². The average molecular weight is 237 g/mol. The molecule has 1 fully saturated rings. The van der Waals surface area contributed by atoms with Crippen LogP contribution in [0.5, 0.6) is 0 Å². The Kier molecular flexibility index (Phi) is 2.57. The molecule has 0 bridgehead atoms. The summed E-state index contributed by atoms with van der Waals surface area (Å²) in [7, 11) is 0. The molecule has 3 rings (SSSR count). The van der Waals surface area contributed by atoms with Gasteiger partial charge in [0, 0.05) is 15.7 Å². The first kappa shape index (κ1) is 10.8. The molecule has 3 heteroatoms. The molecule has 1 atom stereocenters. The Morgan fingerprint density at radius 1 is 1.44 bits per heavy atom. The molecule has 1 spiro atoms. The van der Waals surface area contributed by atoms with Gasteiger partial charge in [0.2, 0.25) is 0 Å². The van der Waals surface area contributed by atoms with Crippen molar-refractivity contribution in [3.63, 3.8) is 0 Å². The van der Waals surface area contributed by atoms with E-state index in [0.717, 1.165) is 32.5 Å². The summed E-state index contributed by atoms with van der Waals surface area (Å²) in [5, 5.41) is 3.43. The minimum absolute atomic E-state index is 0.0476. The van der Waals surface area contributed by atoms with Crippen molar-refractivity contribution in [2.24, 2.45) is 0 Å². The molecular formula is C13H19NOS. The molecule has 0 aliphatic carbocycles. The highest BCUT2D eigenvalue weighted by Crippen LogP contribution is 2.47. The second kappa shape index (κ2) is 3.83. The molecule has 2 aliphatic heterocycles. The zero-order valence-corrected chi connectivity index (χ0v) is 10.8. The molecule has 1 aromatic heterocycles. The summed E-state index contributed by atoms with van der Waals surface area (Å²) in [5.41, 5.74) is 1.60. The van der Waals surface area contributed by atoms with E-state index in [-0.39, 0.29) is 5.60 Å². The summed E-state index contributed by atoms with van der Waals surface area (Å²) in [6.45, 7) is 7.56. The van der Waals surface area contributed by atoms with E-state index in [4.69, 9.17) is 4.74 Å². The molecule has 88 valence electrons. The van der Waals surface area contributed by atoms with Crippen molar-refractivity contribution in [3.8, 4) is 0 Å². The summed E-state index contributed by atoms with van der Waals surface area (Å²) in [4.78, 5) is 2.95. The Bertz CT molecular complexity index is 393. The van der Waals surface area contributed by atoms with Gasteiger partial charge in [0.1, 0.15) is 5.60 Å². The fourth-order valence-electron chi connectivity index (χ4n) is 2.90. The predicted octanol–water partition coefficient (Wildman–Crippen LogP) is 2.77. The fraction of sp³-hybridized carbons (Fsp3) is 0.692. The molecule has 3 heterocycles. The number of piperidine rings is 1. The van der Waals surface area contributed by atoms with Gasteiger partial charge in [-0.2, -0.15) is 0 Å². The molecule has 0 radical (unpaired) electrons. The molecular weight excluding hydrogens is 218 g/mol. The Hall–Kier alpha value is -0.380. The molecule has 2 nitrogen and oxygen atoms in total. The van der Waals surface area contributed by atoms with Crippen molar-refractivity contribution >= 4 is 11.3 Å². The SMILES string of the molecule is Cc1cc2c(s1)C1(CCNCC1)OCC2C. The Labute approximate surface area is 101 Å². The van der Waals surface area contributed by atoms with Crippen LogP contribution in [0.4, 0.5) is 0 Å². The minimum Gasteiger partial charge on any atom is -0.369 e. The van der Waals surface area contributed by atoms with E-state index in [1.165, 1.54) is 9.75 Å². The van der Waals surface area contributed by atoms with E-state index in [9.17, 15) is 0 Å². The van der Waals surface area contributed by atoms with Crippen molar-refractivity contribution < 1.29 is 4.74 Å². The summed E-state index contributed by atoms with van der Waals surface area (Å²) in [5.74, 6) is 0.570. The summed E-state index contributed by atoms with van der Waals surface area (Å²) >= 11 is 1.95. The van der Waals surface area contributed by atoms with Crippen molar-refractivity contribution in [1.29, 1.82) is 0 Å². The lowest BCUT2D eigenvalue weighted by atomic mass is 9.83. The van der Waals surface area contributed by atoms with Crippen LogP contribution in [0.3, 0.4) is 0 Å². The number of fused-ring (bicyclic) bond motifs is 2. The molecule has 1 saturated heterocycles. The maximum atomic E-state index is 6.23. The number of hydrogen-bond donors (Lipinski definition) is 1. The molecule has 0 saturated carbocycles. The van der Waals surface area contributed by atoms with Crippen LogP contribution in [0.2, 0.25) is 0 Å². The first-order chi connectivity index (χ1) is 7.71. The number of ether oxygens (including phenoxy) is 1. The molecule has 1 unspecified atom stereocenters. The second-order valence-electron chi connectivity index (χ2n) is 5.10. The third-order valence-corrected chi connectivity index (χ3v) is 5.10. The van der Waals surface area contributed by atoms with Gasteiger partial charge in [-0.1, -0.05) is 6.92 Å². The lowest BCUT2D eigenvalue weighted by Gasteiger charge is -2.42. The maximum Gasteiger partial charge on any atom is 0.105 e. The minimum atomic E-state index is 0.0476. The lowest BCUT2D eigenvalue weighted by molar-refractivity contribution is -0.0842. The van der Waals surface area contributed by atoms with E-state index in [2.05, 4.69) is 25.2 Å². The van der Waals surface area contributed by atoms with E-state index in [0.29, 0.717) is 5.92 Å². The highest BCUT2D eigenvalue weighted by atomic mass is 32.1. The number of rotatable bonds is 0. The maximum absolute atomic E-state index is 6.23. The van der Waals surface area contributed by atoms with Gasteiger partial charge in [-0.25, -0.2) is 0 Å². The standard InChI is InChI=1S/C13H19NOS/c1-9-8-15-13(3-5-14-6-4-13)12-11(9)7-10(2)16-12/h7,9,14H,3-6,8H2,1-2H3. The summed E-state index contributed by atoms with van der Waals surface area (Å²) in [6, 6.07) is 2.37. The quantitative estimate of drug-likeness (QED) is 0.749. The van der Waals surface area contributed by atoms with Crippen LogP contribution in [0.25, 0.3) is 0 Å². The van der Waals surface area contributed by atoms with Crippen LogP contribution in [-0.4, -0.2) is 19.7 Å². The predicted molar refractivity (Wildman–Crippen MR) is 67.2 cm³/mol. The van der Waals surface area contributed by atoms with Crippen LogP contribution >= 0.6 is 11.3 Å². The zero-order valence-electron chi connectivity index (χ0n) is 10.0. The van der Waals surface area contributed by atoms with Gasteiger partial charge in [0.15, 0.2) is 0 Å². The van der Waals surface area contributed by atoms with Crippen molar-refractivity contribution in [1.82, 2.24) is 5.32 Å². The topological polar surface area (TPSA) is 21.3 Å². The molecule has 0 amide bonds. The first-order valence-electron chi connectivity index (χ1n) is 6.17. The van der Waals surface area contributed by atoms with Gasteiger partial charge >= 0.3 is 0 Å². The number of nitrogens with one attached hydrogen (secondary N) is 1. The Morgan fingerprint density at radius 2 is 2.19 bits per heavy atom. The highest BCUT2D eigenvalue weighted by molar-refractivity contribution is 7.12. The molecule has 1 N–H and O–H groups in total. The van der Waals surface area contributed by atoms with Crippen LogP contribution in [-0.2, 0) is 10.3 Å². The van der Waals surface area contributed by atoms with Crippen molar-refractivity contribution in [2.45, 2.75) is 38.2 Å². The lowest BCUT2D eigenvalue weighted by Crippen LogP contribution is -2.44. The Morgan fingerprint density at radius 3 is 2.94 bits per heavy atom. The molecule has 2 aliphatic rings. The monoisotopic (exact) mass is 237 g/mol. The first-order valence-corrected chi connectivity index (χ1v) is 6.98. The Balaban J connectivity index is 2.05. The van der Waals surface area contributed by atoms with E-state index >= 15 is 0 Å². The van der Waals surface area contributed by atoms with Gasteiger partial charge in [-0.15, -0.1) is 11.3 Å². The van der Waals surface area contributed by atoms with Gasteiger partial charge < -0.3 is 10.1 Å². The van der Waals surface area contributed by atoms with E-state index < -0.39 is 0 Å².